The molecule has 2 rings (SSSR count). The summed E-state index contributed by atoms with van der Waals surface area (Å²) in [5.74, 6) is -1.58. The van der Waals surface area contributed by atoms with E-state index in [1.165, 1.54) is 23.3 Å². The molecular weight excluding hydrogens is 268 g/mol. The van der Waals surface area contributed by atoms with Gasteiger partial charge >= 0.3 is 0 Å². The fourth-order valence-electron chi connectivity index (χ4n) is 2.42. The van der Waals surface area contributed by atoms with Gasteiger partial charge in [-0.15, -0.1) is 0 Å². The molecular formula is C18H21F2N. The van der Waals surface area contributed by atoms with Crippen molar-refractivity contribution >= 4 is 0 Å². The SMILES string of the molecule is CCc1ccc(CC(Cc2ccc(F)c(F)c2)NC)cc1. The van der Waals surface area contributed by atoms with Gasteiger partial charge in [-0.2, -0.15) is 0 Å². The Morgan fingerprint density at radius 3 is 2.00 bits per heavy atom. The summed E-state index contributed by atoms with van der Waals surface area (Å²) in [6.45, 7) is 2.13. The van der Waals surface area contributed by atoms with Gasteiger partial charge < -0.3 is 5.32 Å². The lowest BCUT2D eigenvalue weighted by Gasteiger charge is -2.17. The minimum Gasteiger partial charge on any atom is -0.316 e. The van der Waals surface area contributed by atoms with Crippen LogP contribution in [0.3, 0.4) is 0 Å². The molecule has 0 aliphatic rings. The molecule has 112 valence electrons. The lowest BCUT2D eigenvalue weighted by molar-refractivity contribution is 0.503. The first-order valence-corrected chi connectivity index (χ1v) is 7.31. The van der Waals surface area contributed by atoms with E-state index >= 15 is 0 Å². The summed E-state index contributed by atoms with van der Waals surface area (Å²) in [7, 11) is 1.89. The summed E-state index contributed by atoms with van der Waals surface area (Å²) in [6.07, 6.45) is 2.56. The van der Waals surface area contributed by atoms with Crippen molar-refractivity contribution in [2.45, 2.75) is 32.2 Å². The summed E-state index contributed by atoms with van der Waals surface area (Å²) in [6, 6.07) is 12.8. The second kappa shape index (κ2) is 7.32. The Balaban J connectivity index is 2.03. The van der Waals surface area contributed by atoms with Crippen molar-refractivity contribution in [3.8, 4) is 0 Å². The lowest BCUT2D eigenvalue weighted by Crippen LogP contribution is -2.30. The fraction of sp³-hybridized carbons (Fsp3) is 0.333. The number of rotatable bonds is 6. The molecule has 0 spiro atoms. The van der Waals surface area contributed by atoms with E-state index < -0.39 is 11.6 Å². The molecule has 1 atom stereocenters. The summed E-state index contributed by atoms with van der Waals surface area (Å²) in [4.78, 5) is 0. The zero-order valence-corrected chi connectivity index (χ0v) is 12.5. The van der Waals surface area contributed by atoms with Crippen molar-refractivity contribution in [3.05, 3.63) is 70.8 Å². The van der Waals surface area contributed by atoms with E-state index in [1.807, 2.05) is 7.05 Å². The van der Waals surface area contributed by atoms with E-state index in [0.29, 0.717) is 6.42 Å². The third-order valence-electron chi connectivity index (χ3n) is 3.79. The number of halogens is 2. The molecule has 1 N–H and O–H groups in total. The first-order chi connectivity index (χ1) is 10.1. The average molecular weight is 289 g/mol. The lowest BCUT2D eigenvalue weighted by atomic mass is 9.98. The highest BCUT2D eigenvalue weighted by molar-refractivity contribution is 5.24. The molecule has 0 heterocycles. The molecule has 21 heavy (non-hydrogen) atoms. The maximum absolute atomic E-state index is 13.2. The van der Waals surface area contributed by atoms with Gasteiger partial charge in [0.15, 0.2) is 11.6 Å². The van der Waals surface area contributed by atoms with Crippen LogP contribution in [0, 0.1) is 11.6 Å². The Labute approximate surface area is 125 Å². The zero-order valence-electron chi connectivity index (χ0n) is 12.5. The largest absolute Gasteiger partial charge is 0.316 e. The molecule has 3 heteroatoms. The predicted octanol–water partition coefficient (Wildman–Crippen LogP) is 3.90. The molecule has 2 aromatic rings. The second-order valence-electron chi connectivity index (χ2n) is 5.31. The molecule has 0 aliphatic heterocycles. The fourth-order valence-corrected chi connectivity index (χ4v) is 2.42. The number of benzene rings is 2. The summed E-state index contributed by atoms with van der Waals surface area (Å²) < 4.78 is 26.2. The first-order valence-electron chi connectivity index (χ1n) is 7.31. The van der Waals surface area contributed by atoms with Gasteiger partial charge in [-0.3, -0.25) is 0 Å². The van der Waals surface area contributed by atoms with Gasteiger partial charge in [-0.25, -0.2) is 8.78 Å². The van der Waals surface area contributed by atoms with Crippen LogP contribution in [-0.2, 0) is 19.3 Å². The van der Waals surface area contributed by atoms with Crippen LogP contribution in [0.1, 0.15) is 23.6 Å². The highest BCUT2D eigenvalue weighted by Crippen LogP contribution is 2.13. The first kappa shape index (κ1) is 15.6. The number of nitrogens with one attached hydrogen (secondary N) is 1. The van der Waals surface area contributed by atoms with Gasteiger partial charge in [-0.1, -0.05) is 37.3 Å². The standard InChI is InChI=1S/C18H21F2N/c1-3-13-4-6-14(7-5-13)10-16(21-2)11-15-8-9-17(19)18(20)12-15/h4-9,12,16,21H,3,10-11H2,1-2H3. The molecule has 0 amide bonds. The van der Waals surface area contributed by atoms with Crippen molar-refractivity contribution in [1.82, 2.24) is 5.32 Å². The van der Waals surface area contributed by atoms with E-state index in [4.69, 9.17) is 0 Å². The van der Waals surface area contributed by atoms with Crippen LogP contribution in [0.4, 0.5) is 8.78 Å². The zero-order chi connectivity index (χ0) is 15.2. The molecule has 0 aromatic heterocycles. The highest BCUT2D eigenvalue weighted by Gasteiger charge is 2.10. The van der Waals surface area contributed by atoms with Crippen LogP contribution in [0.25, 0.3) is 0 Å². The Kier molecular flexibility index (Phi) is 5.45. The second-order valence-corrected chi connectivity index (χ2v) is 5.31. The third kappa shape index (κ3) is 4.36. The maximum Gasteiger partial charge on any atom is 0.159 e. The van der Waals surface area contributed by atoms with E-state index in [9.17, 15) is 8.78 Å². The minimum absolute atomic E-state index is 0.197. The Bertz CT molecular complexity index is 578. The predicted molar refractivity (Wildman–Crippen MR) is 82.4 cm³/mol. The van der Waals surface area contributed by atoms with Crippen LogP contribution >= 0.6 is 0 Å². The summed E-state index contributed by atoms with van der Waals surface area (Å²) in [5, 5.41) is 3.25. The molecule has 0 radical (unpaired) electrons. The van der Waals surface area contributed by atoms with Gasteiger partial charge in [0.2, 0.25) is 0 Å². The maximum atomic E-state index is 13.2. The van der Waals surface area contributed by atoms with Crippen LogP contribution in [0.15, 0.2) is 42.5 Å². The quantitative estimate of drug-likeness (QED) is 0.850. The topological polar surface area (TPSA) is 12.0 Å². The highest BCUT2D eigenvalue weighted by atomic mass is 19.2. The van der Waals surface area contributed by atoms with Gasteiger partial charge in [-0.05, 0) is 55.1 Å². The summed E-state index contributed by atoms with van der Waals surface area (Å²) >= 11 is 0. The number of hydrogen-bond donors (Lipinski definition) is 1. The smallest absolute Gasteiger partial charge is 0.159 e. The van der Waals surface area contributed by atoms with Crippen LogP contribution in [0.5, 0.6) is 0 Å². The number of aryl methyl sites for hydroxylation is 1. The van der Waals surface area contributed by atoms with Crippen molar-refractivity contribution in [3.63, 3.8) is 0 Å². The van der Waals surface area contributed by atoms with Crippen LogP contribution < -0.4 is 5.32 Å². The van der Waals surface area contributed by atoms with Gasteiger partial charge in [0.1, 0.15) is 0 Å². The molecule has 0 bridgehead atoms. The van der Waals surface area contributed by atoms with Gasteiger partial charge in [0.25, 0.3) is 0 Å². The molecule has 0 saturated carbocycles. The molecule has 0 saturated heterocycles. The van der Waals surface area contributed by atoms with E-state index in [0.717, 1.165) is 18.4 Å². The monoisotopic (exact) mass is 289 g/mol. The number of hydrogen-bond acceptors (Lipinski definition) is 1. The van der Waals surface area contributed by atoms with Crippen molar-refractivity contribution in [2.24, 2.45) is 0 Å². The van der Waals surface area contributed by atoms with E-state index in [1.54, 1.807) is 6.07 Å². The van der Waals surface area contributed by atoms with Gasteiger partial charge in [0, 0.05) is 6.04 Å². The third-order valence-corrected chi connectivity index (χ3v) is 3.79. The Hall–Kier alpha value is -1.74. The Morgan fingerprint density at radius 1 is 0.857 bits per heavy atom. The van der Waals surface area contributed by atoms with Crippen molar-refractivity contribution < 1.29 is 8.78 Å². The molecule has 0 fully saturated rings. The average Bonchev–Trinajstić information content (AvgIpc) is 2.51. The number of likely N-dealkylation sites (N-methyl/N-ethyl adjacent to an activating group) is 1. The Morgan fingerprint density at radius 2 is 1.43 bits per heavy atom. The normalized spacial score (nSPS) is 12.4. The van der Waals surface area contributed by atoms with Gasteiger partial charge in [0.05, 0.1) is 0 Å². The van der Waals surface area contributed by atoms with E-state index in [2.05, 4.69) is 36.5 Å². The van der Waals surface area contributed by atoms with Crippen LogP contribution in [-0.4, -0.2) is 13.1 Å². The van der Waals surface area contributed by atoms with E-state index in [-0.39, 0.29) is 6.04 Å². The van der Waals surface area contributed by atoms with Crippen molar-refractivity contribution in [1.29, 1.82) is 0 Å². The minimum atomic E-state index is -0.796. The molecule has 2 aromatic carbocycles. The van der Waals surface area contributed by atoms with Crippen molar-refractivity contribution in [2.75, 3.05) is 7.05 Å². The van der Waals surface area contributed by atoms with Crippen LogP contribution in [0.2, 0.25) is 0 Å². The molecule has 0 aliphatic carbocycles. The molecule has 1 unspecified atom stereocenters. The molecule has 1 nitrogen and oxygen atoms in total. The summed E-state index contributed by atoms with van der Waals surface area (Å²) in [5.41, 5.74) is 3.37.